The van der Waals surface area contributed by atoms with Crippen molar-refractivity contribution in [3.05, 3.63) is 41.5 Å². The molecular formula is C17H21BrN2O3. The number of rotatable bonds is 4. The minimum absolute atomic E-state index is 0. The molecule has 1 fully saturated rings. The van der Waals surface area contributed by atoms with E-state index in [1.165, 1.54) is 6.08 Å². The van der Waals surface area contributed by atoms with Crippen LogP contribution in [0.4, 0.5) is 0 Å². The number of likely N-dealkylation sites (N-methyl/N-ethyl adjacent to an activating group) is 1. The second kappa shape index (κ2) is 7.73. The summed E-state index contributed by atoms with van der Waals surface area (Å²) >= 11 is 0. The standard InChI is InChI=1S/C17H21N2O3.BrH/c1-3-19(4-2)11-12-22-16(20)17(19,21)10-9-14-7-5-6-8-15(14)13-18;/h5-10,21H,3-4,11-12H2,1-2H3;1H/q+1;/p-1. The highest BCUT2D eigenvalue weighted by Gasteiger charge is 2.56. The molecular weight excluding hydrogens is 360 g/mol. The van der Waals surface area contributed by atoms with E-state index in [2.05, 4.69) is 6.07 Å². The van der Waals surface area contributed by atoms with Gasteiger partial charge in [-0.25, -0.2) is 4.79 Å². The maximum Gasteiger partial charge on any atom is 0.402 e. The number of carbonyl (C=O) groups is 1. The smallest absolute Gasteiger partial charge is 0.402 e. The Kier molecular flexibility index (Phi) is 6.51. The largest absolute Gasteiger partial charge is 1.00 e. The number of esters is 1. The zero-order valence-corrected chi connectivity index (χ0v) is 14.9. The number of carbonyl (C=O) groups excluding carboxylic acids is 1. The first-order valence-electron chi connectivity index (χ1n) is 7.47. The minimum Gasteiger partial charge on any atom is -1.00 e. The summed E-state index contributed by atoms with van der Waals surface area (Å²) in [5.41, 5.74) is -0.552. The van der Waals surface area contributed by atoms with E-state index in [1.807, 2.05) is 19.9 Å². The third-order valence-electron chi connectivity index (χ3n) is 4.56. The molecule has 0 amide bonds. The molecule has 124 valence electrons. The maximum absolute atomic E-state index is 12.2. The van der Waals surface area contributed by atoms with Crippen LogP contribution >= 0.6 is 0 Å². The SMILES string of the molecule is CC[N+]1(CC)CCOC(=O)C1(O)C=Cc1ccccc1C#N.[Br-]. The van der Waals surface area contributed by atoms with Gasteiger partial charge in [-0.1, -0.05) is 18.2 Å². The number of halogens is 1. The van der Waals surface area contributed by atoms with Crippen LogP contribution in [0.3, 0.4) is 0 Å². The van der Waals surface area contributed by atoms with Gasteiger partial charge in [-0.15, -0.1) is 0 Å². The molecule has 1 aliphatic rings. The van der Waals surface area contributed by atoms with E-state index < -0.39 is 11.7 Å². The molecule has 0 spiro atoms. The van der Waals surface area contributed by atoms with E-state index in [0.717, 1.165) is 0 Å². The van der Waals surface area contributed by atoms with Crippen LogP contribution in [0.25, 0.3) is 6.08 Å². The van der Waals surface area contributed by atoms with Crippen molar-refractivity contribution in [3.63, 3.8) is 0 Å². The second-order valence-corrected chi connectivity index (χ2v) is 5.40. The predicted molar refractivity (Wildman–Crippen MR) is 82.3 cm³/mol. The van der Waals surface area contributed by atoms with E-state index in [0.29, 0.717) is 37.4 Å². The van der Waals surface area contributed by atoms with Crippen molar-refractivity contribution < 1.29 is 36.1 Å². The summed E-state index contributed by atoms with van der Waals surface area (Å²) < 4.78 is 5.31. The van der Waals surface area contributed by atoms with Gasteiger partial charge < -0.3 is 26.8 Å². The van der Waals surface area contributed by atoms with Gasteiger partial charge in [0.2, 0.25) is 0 Å². The van der Waals surface area contributed by atoms with Gasteiger partial charge in [0, 0.05) is 6.08 Å². The van der Waals surface area contributed by atoms with Crippen LogP contribution in [0.2, 0.25) is 0 Å². The van der Waals surface area contributed by atoms with Crippen LogP contribution in [0.1, 0.15) is 25.0 Å². The van der Waals surface area contributed by atoms with Gasteiger partial charge in [0.15, 0.2) is 0 Å². The maximum atomic E-state index is 12.2. The van der Waals surface area contributed by atoms with Crippen molar-refractivity contribution >= 4 is 12.0 Å². The molecule has 1 aromatic rings. The lowest BCUT2D eigenvalue weighted by atomic mass is 10.0. The summed E-state index contributed by atoms with van der Waals surface area (Å²) in [6.07, 6.45) is 3.10. The van der Waals surface area contributed by atoms with Crippen molar-refractivity contribution in [2.75, 3.05) is 26.2 Å². The summed E-state index contributed by atoms with van der Waals surface area (Å²) in [6, 6.07) is 9.16. The number of hydrogen-bond donors (Lipinski definition) is 1. The molecule has 1 saturated heterocycles. The van der Waals surface area contributed by atoms with Gasteiger partial charge in [-0.05, 0) is 31.6 Å². The Morgan fingerprint density at radius 1 is 1.39 bits per heavy atom. The average molecular weight is 381 g/mol. The highest BCUT2D eigenvalue weighted by Crippen LogP contribution is 2.30. The molecule has 0 saturated carbocycles. The lowest BCUT2D eigenvalue weighted by molar-refractivity contribution is -0.983. The Morgan fingerprint density at radius 2 is 2.04 bits per heavy atom. The molecule has 1 unspecified atom stereocenters. The van der Waals surface area contributed by atoms with E-state index in [4.69, 9.17) is 10.00 Å². The van der Waals surface area contributed by atoms with Gasteiger partial charge in [-0.3, -0.25) is 4.48 Å². The quantitative estimate of drug-likeness (QED) is 0.519. The number of cyclic esters (lactones) is 1. The van der Waals surface area contributed by atoms with Crippen LogP contribution in [0.5, 0.6) is 0 Å². The summed E-state index contributed by atoms with van der Waals surface area (Å²) in [5, 5.41) is 20.1. The lowest BCUT2D eigenvalue weighted by Crippen LogP contribution is -3.00. The zero-order chi connectivity index (χ0) is 16.2. The Labute approximate surface area is 147 Å². The van der Waals surface area contributed by atoms with Crippen LogP contribution in [-0.4, -0.2) is 47.5 Å². The predicted octanol–water partition coefficient (Wildman–Crippen LogP) is -1.32. The molecule has 6 heteroatoms. The second-order valence-electron chi connectivity index (χ2n) is 5.40. The van der Waals surface area contributed by atoms with Gasteiger partial charge in [-0.2, -0.15) is 5.26 Å². The monoisotopic (exact) mass is 380 g/mol. The molecule has 1 aromatic carbocycles. The lowest BCUT2D eigenvalue weighted by Gasteiger charge is -2.48. The number of hydrogen-bond acceptors (Lipinski definition) is 4. The first-order valence-corrected chi connectivity index (χ1v) is 7.47. The molecule has 23 heavy (non-hydrogen) atoms. The number of ether oxygens (including phenoxy) is 1. The Morgan fingerprint density at radius 3 is 2.65 bits per heavy atom. The van der Waals surface area contributed by atoms with Crippen LogP contribution < -0.4 is 17.0 Å². The minimum atomic E-state index is -1.72. The third kappa shape index (κ3) is 3.32. The van der Waals surface area contributed by atoms with E-state index in [-0.39, 0.29) is 21.5 Å². The first kappa shape index (κ1) is 19.4. The van der Waals surface area contributed by atoms with Crippen molar-refractivity contribution in [1.82, 2.24) is 0 Å². The van der Waals surface area contributed by atoms with E-state index in [1.54, 1.807) is 24.3 Å². The highest BCUT2D eigenvalue weighted by atomic mass is 79.9. The van der Waals surface area contributed by atoms with Crippen molar-refractivity contribution in [2.24, 2.45) is 0 Å². The number of nitrogens with zero attached hydrogens (tertiary/aromatic N) is 2. The van der Waals surface area contributed by atoms with Gasteiger partial charge in [0.25, 0.3) is 0 Å². The fourth-order valence-corrected chi connectivity index (χ4v) is 2.98. The molecule has 0 aliphatic carbocycles. The summed E-state index contributed by atoms with van der Waals surface area (Å²) in [5.74, 6) is -0.631. The summed E-state index contributed by atoms with van der Waals surface area (Å²) in [4.78, 5) is 12.2. The van der Waals surface area contributed by atoms with Gasteiger partial charge >= 0.3 is 11.7 Å². The summed E-state index contributed by atoms with van der Waals surface area (Å²) in [7, 11) is 0. The number of morpholine rings is 1. The Hall–Kier alpha value is -1.68. The molecule has 1 N–H and O–H groups in total. The van der Waals surface area contributed by atoms with Crippen LogP contribution in [0, 0.1) is 11.3 Å². The molecule has 1 aliphatic heterocycles. The zero-order valence-electron chi connectivity index (χ0n) is 13.3. The molecule has 2 rings (SSSR count). The number of nitriles is 1. The third-order valence-corrected chi connectivity index (χ3v) is 4.56. The van der Waals surface area contributed by atoms with Crippen molar-refractivity contribution in [1.29, 1.82) is 5.26 Å². The number of quaternary nitrogens is 1. The van der Waals surface area contributed by atoms with Gasteiger partial charge in [0.05, 0.1) is 24.7 Å². The Bertz CT molecular complexity index is 635. The first-order chi connectivity index (χ1) is 10.5. The molecule has 0 radical (unpaired) electrons. The fourth-order valence-electron chi connectivity index (χ4n) is 2.98. The van der Waals surface area contributed by atoms with Crippen LogP contribution in [0.15, 0.2) is 30.3 Å². The van der Waals surface area contributed by atoms with Crippen molar-refractivity contribution in [2.45, 2.75) is 19.6 Å². The fraction of sp³-hybridized carbons (Fsp3) is 0.412. The van der Waals surface area contributed by atoms with Crippen molar-refractivity contribution in [3.8, 4) is 6.07 Å². The highest BCUT2D eigenvalue weighted by molar-refractivity contribution is 5.82. The molecule has 0 aromatic heterocycles. The molecule has 1 heterocycles. The Balaban J connectivity index is 0.00000264. The average Bonchev–Trinajstić information content (AvgIpc) is 2.56. The normalized spacial score (nSPS) is 23.0. The topological polar surface area (TPSA) is 70.3 Å². The molecule has 0 bridgehead atoms. The van der Waals surface area contributed by atoms with Crippen LogP contribution in [-0.2, 0) is 9.53 Å². The molecule has 5 nitrogen and oxygen atoms in total. The van der Waals surface area contributed by atoms with E-state index in [9.17, 15) is 9.90 Å². The summed E-state index contributed by atoms with van der Waals surface area (Å²) in [6.45, 7) is 6.01. The number of aliphatic hydroxyl groups is 1. The molecule has 1 atom stereocenters. The van der Waals surface area contributed by atoms with E-state index >= 15 is 0 Å². The number of benzene rings is 1. The van der Waals surface area contributed by atoms with Gasteiger partial charge in [0.1, 0.15) is 13.2 Å².